The molecule has 3 N–H and O–H groups in total. The zero-order chi connectivity index (χ0) is 24.2. The number of nitrogens with one attached hydrogen (secondary N) is 2. The number of amides is 4. The fourth-order valence-electron chi connectivity index (χ4n) is 3.94. The lowest BCUT2D eigenvalue weighted by molar-refractivity contribution is -0.127. The molecule has 4 rings (SSSR count). The third kappa shape index (κ3) is 4.62. The molecule has 0 fully saturated rings. The summed E-state index contributed by atoms with van der Waals surface area (Å²) in [6, 6.07) is 22.1. The van der Waals surface area contributed by atoms with Gasteiger partial charge in [-0.2, -0.15) is 0 Å². The van der Waals surface area contributed by atoms with E-state index in [4.69, 9.17) is 0 Å². The Balaban J connectivity index is 1.50. The SMILES string of the molecule is CC1C(=O)N(NC(=O)[C@H](C)NC(=O)N(O)Cc2ccccc2)c2ccccc2-c2ccccc21. The number of hydrogen-bond donors (Lipinski definition) is 3. The fourth-order valence-corrected chi connectivity index (χ4v) is 3.94. The topological polar surface area (TPSA) is 102 Å². The van der Waals surface area contributed by atoms with Gasteiger partial charge in [-0.25, -0.2) is 14.9 Å². The molecule has 174 valence electrons. The summed E-state index contributed by atoms with van der Waals surface area (Å²) in [6.45, 7) is 3.25. The second kappa shape index (κ2) is 9.76. The molecule has 34 heavy (non-hydrogen) atoms. The Morgan fingerprint density at radius 1 is 0.971 bits per heavy atom. The second-order valence-electron chi connectivity index (χ2n) is 8.19. The molecule has 3 aromatic carbocycles. The van der Waals surface area contributed by atoms with Crippen LogP contribution in [0.3, 0.4) is 0 Å². The van der Waals surface area contributed by atoms with E-state index in [0.717, 1.165) is 22.3 Å². The van der Waals surface area contributed by atoms with E-state index in [1.807, 2.05) is 42.5 Å². The summed E-state index contributed by atoms with van der Waals surface area (Å²) in [5.74, 6) is -1.38. The molecule has 1 aliphatic rings. The number of hydrazine groups is 1. The Labute approximate surface area is 197 Å². The van der Waals surface area contributed by atoms with E-state index in [9.17, 15) is 19.6 Å². The molecule has 1 aliphatic heterocycles. The Kier molecular flexibility index (Phi) is 6.60. The maximum absolute atomic E-state index is 13.3. The first kappa shape index (κ1) is 23.0. The molecular weight excluding hydrogens is 432 g/mol. The van der Waals surface area contributed by atoms with E-state index in [-0.39, 0.29) is 12.5 Å². The molecule has 0 saturated carbocycles. The predicted molar refractivity (Wildman–Crippen MR) is 128 cm³/mol. The highest BCUT2D eigenvalue weighted by molar-refractivity contribution is 6.06. The molecule has 8 nitrogen and oxygen atoms in total. The Hall–Kier alpha value is -4.17. The zero-order valence-electron chi connectivity index (χ0n) is 18.9. The number of urea groups is 1. The molecule has 0 aliphatic carbocycles. The van der Waals surface area contributed by atoms with Gasteiger partial charge in [0.15, 0.2) is 0 Å². The average molecular weight is 459 g/mol. The summed E-state index contributed by atoms with van der Waals surface area (Å²) in [5.41, 5.74) is 6.55. The summed E-state index contributed by atoms with van der Waals surface area (Å²) in [4.78, 5) is 38.7. The summed E-state index contributed by atoms with van der Waals surface area (Å²) < 4.78 is 0. The third-order valence-corrected chi connectivity index (χ3v) is 5.82. The fraction of sp³-hybridized carbons (Fsp3) is 0.192. The largest absolute Gasteiger partial charge is 0.342 e. The number of carbonyl (C=O) groups excluding carboxylic acids is 3. The lowest BCUT2D eigenvalue weighted by Gasteiger charge is -2.27. The molecule has 0 spiro atoms. The average Bonchev–Trinajstić information content (AvgIpc) is 2.94. The van der Waals surface area contributed by atoms with E-state index in [1.165, 1.54) is 11.9 Å². The first-order valence-corrected chi connectivity index (χ1v) is 11.0. The van der Waals surface area contributed by atoms with Gasteiger partial charge in [-0.05, 0) is 36.6 Å². The molecule has 0 saturated heterocycles. The summed E-state index contributed by atoms with van der Waals surface area (Å²) >= 11 is 0. The van der Waals surface area contributed by atoms with E-state index in [2.05, 4.69) is 10.7 Å². The van der Waals surface area contributed by atoms with Crippen molar-refractivity contribution in [2.24, 2.45) is 0 Å². The van der Waals surface area contributed by atoms with Crippen molar-refractivity contribution in [3.63, 3.8) is 0 Å². The molecule has 0 bridgehead atoms. The molecule has 4 amide bonds. The maximum Gasteiger partial charge on any atom is 0.342 e. The van der Waals surface area contributed by atoms with Crippen LogP contribution in [0.25, 0.3) is 11.1 Å². The van der Waals surface area contributed by atoms with Crippen LogP contribution >= 0.6 is 0 Å². The van der Waals surface area contributed by atoms with E-state index >= 15 is 0 Å². The number of hydrogen-bond acceptors (Lipinski definition) is 4. The molecule has 0 radical (unpaired) electrons. The van der Waals surface area contributed by atoms with Crippen molar-refractivity contribution in [1.82, 2.24) is 15.8 Å². The van der Waals surface area contributed by atoms with Crippen molar-refractivity contribution in [2.45, 2.75) is 32.4 Å². The minimum absolute atomic E-state index is 0.0330. The van der Waals surface area contributed by atoms with Crippen molar-refractivity contribution >= 4 is 23.5 Å². The minimum Gasteiger partial charge on any atom is -0.325 e. The van der Waals surface area contributed by atoms with Gasteiger partial charge in [0.1, 0.15) is 6.04 Å². The van der Waals surface area contributed by atoms with Crippen LogP contribution in [-0.2, 0) is 16.1 Å². The first-order valence-electron chi connectivity index (χ1n) is 11.0. The second-order valence-corrected chi connectivity index (χ2v) is 8.19. The number of nitrogens with zero attached hydrogens (tertiary/aromatic N) is 2. The van der Waals surface area contributed by atoms with Crippen molar-refractivity contribution in [1.29, 1.82) is 0 Å². The van der Waals surface area contributed by atoms with Crippen molar-refractivity contribution in [2.75, 3.05) is 5.01 Å². The Morgan fingerprint density at radius 3 is 2.32 bits per heavy atom. The van der Waals surface area contributed by atoms with E-state index < -0.39 is 23.9 Å². The highest BCUT2D eigenvalue weighted by atomic mass is 16.5. The van der Waals surface area contributed by atoms with Crippen molar-refractivity contribution in [3.05, 3.63) is 90.0 Å². The molecule has 1 heterocycles. The van der Waals surface area contributed by atoms with Crippen LogP contribution in [0.5, 0.6) is 0 Å². The lowest BCUT2D eigenvalue weighted by atomic mass is 9.92. The summed E-state index contributed by atoms with van der Waals surface area (Å²) in [7, 11) is 0. The molecule has 1 unspecified atom stereocenters. The number of anilines is 1. The van der Waals surface area contributed by atoms with Crippen LogP contribution in [0.15, 0.2) is 78.9 Å². The van der Waals surface area contributed by atoms with Crippen LogP contribution < -0.4 is 15.8 Å². The smallest absolute Gasteiger partial charge is 0.325 e. The van der Waals surface area contributed by atoms with Crippen molar-refractivity contribution in [3.8, 4) is 11.1 Å². The van der Waals surface area contributed by atoms with Gasteiger partial charge in [-0.1, -0.05) is 72.8 Å². The molecule has 3 aromatic rings. The summed E-state index contributed by atoms with van der Waals surface area (Å²) in [6.07, 6.45) is 0. The van der Waals surface area contributed by atoms with Gasteiger partial charge in [0.05, 0.1) is 18.2 Å². The predicted octanol–water partition coefficient (Wildman–Crippen LogP) is 3.82. The minimum atomic E-state index is -1.01. The number of rotatable bonds is 5. The monoisotopic (exact) mass is 458 g/mol. The highest BCUT2D eigenvalue weighted by Gasteiger charge is 2.33. The number of hydroxylamine groups is 2. The number of benzene rings is 3. The van der Waals surface area contributed by atoms with Crippen LogP contribution in [0, 0.1) is 0 Å². The third-order valence-electron chi connectivity index (χ3n) is 5.82. The molecule has 0 aromatic heterocycles. The van der Waals surface area contributed by atoms with E-state index in [1.54, 1.807) is 43.3 Å². The van der Waals surface area contributed by atoms with Gasteiger partial charge >= 0.3 is 6.03 Å². The summed E-state index contributed by atoms with van der Waals surface area (Å²) in [5, 5.41) is 14.3. The molecule has 8 heteroatoms. The van der Waals surface area contributed by atoms with Gasteiger partial charge in [-0.3, -0.25) is 20.2 Å². The van der Waals surface area contributed by atoms with Gasteiger partial charge in [0, 0.05) is 5.56 Å². The van der Waals surface area contributed by atoms with Crippen LogP contribution in [0.2, 0.25) is 0 Å². The van der Waals surface area contributed by atoms with Gasteiger partial charge in [-0.15, -0.1) is 0 Å². The number of carbonyl (C=O) groups is 3. The molecular formula is C26H26N4O4. The van der Waals surface area contributed by atoms with Crippen molar-refractivity contribution < 1.29 is 19.6 Å². The zero-order valence-corrected chi connectivity index (χ0v) is 18.9. The van der Waals surface area contributed by atoms with E-state index in [0.29, 0.717) is 10.8 Å². The Morgan fingerprint density at radius 2 is 1.59 bits per heavy atom. The van der Waals surface area contributed by atoms with Gasteiger partial charge < -0.3 is 5.32 Å². The van der Waals surface area contributed by atoms with Crippen LogP contribution in [-0.4, -0.2) is 34.2 Å². The van der Waals surface area contributed by atoms with Crippen LogP contribution in [0.4, 0.5) is 10.5 Å². The van der Waals surface area contributed by atoms with Crippen LogP contribution in [0.1, 0.15) is 30.9 Å². The maximum atomic E-state index is 13.3. The highest BCUT2D eigenvalue weighted by Crippen LogP contribution is 2.39. The quantitative estimate of drug-likeness (QED) is 0.400. The normalized spacial score (nSPS) is 15.4. The number of fused-ring (bicyclic) bond motifs is 3. The Bertz CT molecular complexity index is 1210. The number of para-hydroxylation sites is 1. The first-order chi connectivity index (χ1) is 16.4. The lowest BCUT2D eigenvalue weighted by Crippen LogP contribution is -2.55. The standard InChI is InChI=1S/C26H26N4O4/c1-17-20-12-6-7-13-21(20)22-14-8-9-15-23(22)30(25(17)32)28-24(31)18(2)27-26(33)29(34)16-19-10-4-3-5-11-19/h3-15,17-18,34H,16H2,1-2H3,(H,27,33)(H,28,31)/t17?,18-/m0/s1. The molecule has 2 atom stereocenters. The van der Waals surface area contributed by atoms with Gasteiger partial charge in [0.2, 0.25) is 0 Å². The van der Waals surface area contributed by atoms with Gasteiger partial charge in [0.25, 0.3) is 11.8 Å².